The average molecular weight is 296 g/mol. The molecule has 2 rings (SSSR count). The number of thiophene rings is 1. The van der Waals surface area contributed by atoms with Crippen LogP contribution in [0, 0.1) is 0 Å². The van der Waals surface area contributed by atoms with E-state index in [1.54, 1.807) is 0 Å². The van der Waals surface area contributed by atoms with Gasteiger partial charge in [-0.2, -0.15) is 0 Å². The molecule has 0 aromatic carbocycles. The van der Waals surface area contributed by atoms with Gasteiger partial charge < -0.3 is 21.3 Å². The molecule has 1 aromatic rings. The Kier molecular flexibility index (Phi) is 5.25. The molecule has 112 valence electrons. The summed E-state index contributed by atoms with van der Waals surface area (Å²) in [6.45, 7) is 4.80. The van der Waals surface area contributed by atoms with E-state index in [4.69, 9.17) is 5.73 Å². The molecule has 1 atom stereocenters. The molecule has 6 heteroatoms. The zero-order chi connectivity index (χ0) is 14.5. The summed E-state index contributed by atoms with van der Waals surface area (Å²) in [5, 5.41) is 7.24. The summed E-state index contributed by atoms with van der Waals surface area (Å²) in [5.41, 5.74) is 6.49. The monoisotopic (exact) mass is 296 g/mol. The molecule has 1 aliphatic heterocycles. The third-order valence-electron chi connectivity index (χ3n) is 3.69. The smallest absolute Gasteiger partial charge is 0.263 e. The van der Waals surface area contributed by atoms with Crippen molar-refractivity contribution in [3.63, 3.8) is 0 Å². The highest BCUT2D eigenvalue weighted by Crippen LogP contribution is 2.29. The van der Waals surface area contributed by atoms with Gasteiger partial charge in [0.05, 0.1) is 10.7 Å². The van der Waals surface area contributed by atoms with Gasteiger partial charge in [-0.25, -0.2) is 0 Å². The van der Waals surface area contributed by atoms with Crippen LogP contribution in [0.25, 0.3) is 0 Å². The van der Waals surface area contributed by atoms with Crippen molar-refractivity contribution in [2.45, 2.75) is 32.2 Å². The Morgan fingerprint density at radius 1 is 1.60 bits per heavy atom. The van der Waals surface area contributed by atoms with Crippen LogP contribution < -0.4 is 16.4 Å². The number of anilines is 2. The van der Waals surface area contributed by atoms with Crippen LogP contribution >= 0.6 is 11.3 Å². The number of hydrogen-bond donors (Lipinski definition) is 3. The number of carbonyl (C=O) groups excluding carboxylic acids is 1. The largest absolute Gasteiger partial charge is 0.397 e. The lowest BCUT2D eigenvalue weighted by Gasteiger charge is -2.19. The fourth-order valence-electron chi connectivity index (χ4n) is 2.44. The van der Waals surface area contributed by atoms with E-state index in [-0.39, 0.29) is 5.91 Å². The SMILES string of the molecule is CCCNC(=O)c1sc(NCC2CCCN2C)cc1N. The van der Waals surface area contributed by atoms with Crippen molar-refractivity contribution >= 4 is 27.9 Å². The highest BCUT2D eigenvalue weighted by atomic mass is 32.1. The van der Waals surface area contributed by atoms with Crippen LogP contribution in [0.5, 0.6) is 0 Å². The summed E-state index contributed by atoms with van der Waals surface area (Å²) in [6, 6.07) is 2.44. The van der Waals surface area contributed by atoms with E-state index in [1.165, 1.54) is 30.7 Å². The molecule has 0 aliphatic carbocycles. The van der Waals surface area contributed by atoms with Gasteiger partial charge in [0.15, 0.2) is 0 Å². The molecule has 1 fully saturated rings. The summed E-state index contributed by atoms with van der Waals surface area (Å²) < 4.78 is 0. The summed E-state index contributed by atoms with van der Waals surface area (Å²) in [7, 11) is 2.16. The molecule has 1 saturated heterocycles. The molecule has 4 N–H and O–H groups in total. The molecule has 1 aromatic heterocycles. The van der Waals surface area contributed by atoms with Crippen LogP contribution in [0.4, 0.5) is 10.7 Å². The van der Waals surface area contributed by atoms with Crippen LogP contribution in [-0.2, 0) is 0 Å². The predicted octanol–water partition coefficient (Wildman–Crippen LogP) is 1.98. The van der Waals surface area contributed by atoms with Gasteiger partial charge in [-0.3, -0.25) is 4.79 Å². The number of nitrogen functional groups attached to an aromatic ring is 1. The van der Waals surface area contributed by atoms with E-state index in [0.29, 0.717) is 23.2 Å². The number of nitrogens with one attached hydrogen (secondary N) is 2. The lowest BCUT2D eigenvalue weighted by atomic mass is 10.2. The molecular weight excluding hydrogens is 272 g/mol. The van der Waals surface area contributed by atoms with Crippen molar-refractivity contribution in [3.8, 4) is 0 Å². The first kappa shape index (κ1) is 15.1. The van der Waals surface area contributed by atoms with Gasteiger partial charge in [-0.15, -0.1) is 11.3 Å². The molecule has 1 amide bonds. The van der Waals surface area contributed by atoms with Crippen LogP contribution in [0.15, 0.2) is 6.07 Å². The molecule has 0 saturated carbocycles. The second kappa shape index (κ2) is 6.95. The van der Waals surface area contributed by atoms with E-state index in [9.17, 15) is 4.79 Å². The number of likely N-dealkylation sites (tertiary alicyclic amines) is 1. The predicted molar refractivity (Wildman–Crippen MR) is 85.5 cm³/mol. The molecular formula is C14H24N4OS. The highest BCUT2D eigenvalue weighted by Gasteiger charge is 2.21. The molecule has 0 bridgehead atoms. The molecule has 20 heavy (non-hydrogen) atoms. The van der Waals surface area contributed by atoms with E-state index >= 15 is 0 Å². The fourth-order valence-corrected chi connectivity index (χ4v) is 3.35. The maximum Gasteiger partial charge on any atom is 0.263 e. The topological polar surface area (TPSA) is 70.4 Å². The minimum atomic E-state index is -0.0691. The second-order valence-corrected chi connectivity index (χ2v) is 6.36. The van der Waals surface area contributed by atoms with E-state index in [0.717, 1.165) is 18.0 Å². The first-order chi connectivity index (χ1) is 9.61. The van der Waals surface area contributed by atoms with Crippen LogP contribution in [0.1, 0.15) is 35.9 Å². The Morgan fingerprint density at radius 2 is 2.40 bits per heavy atom. The Morgan fingerprint density at radius 3 is 3.05 bits per heavy atom. The van der Waals surface area contributed by atoms with Gasteiger partial charge in [-0.1, -0.05) is 6.92 Å². The van der Waals surface area contributed by atoms with E-state index in [2.05, 4.69) is 22.6 Å². The summed E-state index contributed by atoms with van der Waals surface area (Å²) in [5.74, 6) is -0.0691. The number of carbonyl (C=O) groups is 1. The maximum absolute atomic E-state index is 11.9. The normalized spacial score (nSPS) is 19.2. The van der Waals surface area contributed by atoms with Gasteiger partial charge in [0, 0.05) is 19.1 Å². The number of nitrogens with two attached hydrogens (primary N) is 1. The molecule has 2 heterocycles. The minimum absolute atomic E-state index is 0.0691. The lowest BCUT2D eigenvalue weighted by molar-refractivity contribution is 0.0958. The van der Waals surface area contributed by atoms with Crippen molar-refractivity contribution in [2.75, 3.05) is 37.7 Å². The van der Waals surface area contributed by atoms with Gasteiger partial charge in [-0.05, 0) is 38.9 Å². The van der Waals surface area contributed by atoms with Crippen LogP contribution in [0.3, 0.4) is 0 Å². The highest BCUT2D eigenvalue weighted by molar-refractivity contribution is 7.18. The first-order valence-electron chi connectivity index (χ1n) is 7.23. The van der Waals surface area contributed by atoms with Gasteiger partial charge in [0.1, 0.15) is 4.88 Å². The molecule has 5 nitrogen and oxygen atoms in total. The zero-order valence-electron chi connectivity index (χ0n) is 12.2. The van der Waals surface area contributed by atoms with Crippen molar-refractivity contribution in [2.24, 2.45) is 0 Å². The molecule has 1 aliphatic rings. The van der Waals surface area contributed by atoms with Crippen molar-refractivity contribution in [3.05, 3.63) is 10.9 Å². The van der Waals surface area contributed by atoms with Crippen LogP contribution in [-0.4, -0.2) is 43.5 Å². The third kappa shape index (κ3) is 3.64. The number of rotatable bonds is 6. The summed E-state index contributed by atoms with van der Waals surface area (Å²) >= 11 is 1.44. The van der Waals surface area contributed by atoms with Crippen molar-refractivity contribution < 1.29 is 4.79 Å². The second-order valence-electron chi connectivity index (χ2n) is 5.31. The van der Waals surface area contributed by atoms with Crippen molar-refractivity contribution in [1.82, 2.24) is 10.2 Å². The lowest BCUT2D eigenvalue weighted by Crippen LogP contribution is -2.31. The average Bonchev–Trinajstić information content (AvgIpc) is 2.99. The summed E-state index contributed by atoms with van der Waals surface area (Å²) in [4.78, 5) is 14.9. The third-order valence-corrected chi connectivity index (χ3v) is 4.79. The molecule has 0 radical (unpaired) electrons. The molecule has 1 unspecified atom stereocenters. The van der Waals surface area contributed by atoms with Gasteiger partial charge in [0.2, 0.25) is 0 Å². The number of nitrogens with zero attached hydrogens (tertiary/aromatic N) is 1. The van der Waals surface area contributed by atoms with Gasteiger partial charge in [0.25, 0.3) is 5.91 Å². The Hall–Kier alpha value is -1.27. The Bertz CT molecular complexity index is 460. The number of likely N-dealkylation sites (N-methyl/N-ethyl adjacent to an activating group) is 1. The Balaban J connectivity index is 1.91. The maximum atomic E-state index is 11.9. The zero-order valence-corrected chi connectivity index (χ0v) is 13.1. The van der Waals surface area contributed by atoms with Crippen LogP contribution in [0.2, 0.25) is 0 Å². The standard InChI is InChI=1S/C14H24N4OS/c1-3-6-16-14(19)13-11(15)8-12(20-13)17-9-10-5-4-7-18(10)2/h8,10,17H,3-7,9,15H2,1-2H3,(H,16,19). The quantitative estimate of drug-likeness (QED) is 0.750. The summed E-state index contributed by atoms with van der Waals surface area (Å²) in [6.07, 6.45) is 3.42. The van der Waals surface area contributed by atoms with Gasteiger partial charge >= 0.3 is 0 Å². The fraction of sp³-hybridized carbons (Fsp3) is 0.643. The first-order valence-corrected chi connectivity index (χ1v) is 8.05. The molecule has 0 spiro atoms. The number of hydrogen-bond acceptors (Lipinski definition) is 5. The minimum Gasteiger partial charge on any atom is -0.397 e. The Labute approximate surface area is 124 Å². The number of amides is 1. The van der Waals surface area contributed by atoms with E-state index < -0.39 is 0 Å². The van der Waals surface area contributed by atoms with E-state index in [1.807, 2.05) is 13.0 Å². The van der Waals surface area contributed by atoms with Crippen molar-refractivity contribution in [1.29, 1.82) is 0 Å².